The first-order valence-electron chi connectivity index (χ1n) is 8.21. The molecule has 1 amide bonds. The summed E-state index contributed by atoms with van der Waals surface area (Å²) in [5.41, 5.74) is 0.703. The van der Waals surface area contributed by atoms with E-state index in [2.05, 4.69) is 5.32 Å². The highest BCUT2D eigenvalue weighted by atomic mass is 35.5. The summed E-state index contributed by atoms with van der Waals surface area (Å²) in [5, 5.41) is 3.47. The lowest BCUT2D eigenvalue weighted by molar-refractivity contribution is 0.0757. The van der Waals surface area contributed by atoms with Crippen molar-refractivity contribution in [2.45, 2.75) is 12.8 Å². The van der Waals surface area contributed by atoms with Crippen LogP contribution in [0.1, 0.15) is 23.2 Å². The van der Waals surface area contributed by atoms with Crippen molar-refractivity contribution >= 4 is 18.3 Å². The average Bonchev–Trinajstić information content (AvgIpc) is 2.92. The Bertz CT molecular complexity index is 567. The van der Waals surface area contributed by atoms with Gasteiger partial charge in [0, 0.05) is 18.7 Å². The quantitative estimate of drug-likeness (QED) is 0.850. The number of carbonyl (C=O) groups is 1. The van der Waals surface area contributed by atoms with Crippen LogP contribution in [-0.4, -0.2) is 50.2 Å². The maximum Gasteiger partial charge on any atom is 0.253 e. The van der Waals surface area contributed by atoms with Gasteiger partial charge in [0.2, 0.25) is 0 Å². The summed E-state index contributed by atoms with van der Waals surface area (Å²) < 4.78 is 11.1. The maximum absolute atomic E-state index is 12.8. The molecule has 5 nitrogen and oxygen atoms in total. The molecule has 1 N–H and O–H groups in total. The van der Waals surface area contributed by atoms with Crippen molar-refractivity contribution in [1.29, 1.82) is 0 Å². The van der Waals surface area contributed by atoms with E-state index >= 15 is 0 Å². The number of nitrogens with one attached hydrogen (secondary N) is 1. The highest BCUT2D eigenvalue weighted by Crippen LogP contribution is 2.32. The molecule has 0 aliphatic carbocycles. The second-order valence-electron chi connectivity index (χ2n) is 6.41. The van der Waals surface area contributed by atoms with Crippen LogP contribution in [-0.2, 0) is 0 Å². The average molecular weight is 339 g/mol. The second-order valence-corrected chi connectivity index (χ2v) is 6.41. The topological polar surface area (TPSA) is 50.8 Å². The molecule has 3 heterocycles. The molecule has 23 heavy (non-hydrogen) atoms. The standard InChI is InChI=1S/C17H22N2O3.ClH/c20-17(12-1-2-15-16(9-12)22-8-7-21-15)19-5-3-13-10-18-11-14(13)4-6-19;/h1-2,9,13-14,18H,3-8,10-11H2;1H/t13-,14+;. The molecule has 3 aliphatic rings. The van der Waals surface area contributed by atoms with Gasteiger partial charge in [0.05, 0.1) is 0 Å². The van der Waals surface area contributed by atoms with E-state index in [1.807, 2.05) is 23.1 Å². The summed E-state index contributed by atoms with van der Waals surface area (Å²) in [6.45, 7) is 5.05. The Morgan fingerprint density at radius 2 is 1.70 bits per heavy atom. The van der Waals surface area contributed by atoms with Crippen LogP contribution in [0.15, 0.2) is 18.2 Å². The van der Waals surface area contributed by atoms with E-state index in [-0.39, 0.29) is 18.3 Å². The van der Waals surface area contributed by atoms with Crippen LogP contribution in [0.25, 0.3) is 0 Å². The largest absolute Gasteiger partial charge is 0.486 e. The van der Waals surface area contributed by atoms with Crippen LogP contribution >= 0.6 is 12.4 Å². The number of likely N-dealkylation sites (tertiary alicyclic amines) is 1. The lowest BCUT2D eigenvalue weighted by Crippen LogP contribution is -2.32. The van der Waals surface area contributed by atoms with Gasteiger partial charge in [0.15, 0.2) is 11.5 Å². The molecule has 3 aliphatic heterocycles. The Balaban J connectivity index is 0.00000156. The molecule has 2 fully saturated rings. The zero-order valence-corrected chi connectivity index (χ0v) is 13.9. The van der Waals surface area contributed by atoms with Crippen LogP contribution in [0.4, 0.5) is 0 Å². The summed E-state index contributed by atoms with van der Waals surface area (Å²) in [4.78, 5) is 14.8. The van der Waals surface area contributed by atoms with Crippen molar-refractivity contribution in [3.63, 3.8) is 0 Å². The predicted octanol–water partition coefficient (Wildman–Crippen LogP) is 1.95. The first kappa shape index (κ1) is 16.4. The van der Waals surface area contributed by atoms with E-state index in [0.29, 0.717) is 24.5 Å². The zero-order valence-electron chi connectivity index (χ0n) is 13.1. The number of carbonyl (C=O) groups excluding carboxylic acids is 1. The molecule has 0 saturated carbocycles. The molecule has 126 valence electrons. The van der Waals surface area contributed by atoms with E-state index in [1.165, 1.54) is 0 Å². The summed E-state index contributed by atoms with van der Waals surface area (Å²) in [5.74, 6) is 3.01. The molecule has 0 radical (unpaired) electrons. The van der Waals surface area contributed by atoms with Gasteiger partial charge in [-0.1, -0.05) is 0 Å². The summed E-state index contributed by atoms with van der Waals surface area (Å²) >= 11 is 0. The third kappa shape index (κ3) is 3.26. The number of ether oxygens (including phenoxy) is 2. The molecule has 0 spiro atoms. The highest BCUT2D eigenvalue weighted by Gasteiger charge is 2.31. The fraction of sp³-hybridized carbons (Fsp3) is 0.588. The number of rotatable bonds is 1. The monoisotopic (exact) mass is 338 g/mol. The van der Waals surface area contributed by atoms with E-state index in [0.717, 1.165) is 56.6 Å². The molecule has 0 unspecified atom stereocenters. The van der Waals surface area contributed by atoms with E-state index < -0.39 is 0 Å². The van der Waals surface area contributed by atoms with Crippen LogP contribution in [0.5, 0.6) is 11.5 Å². The van der Waals surface area contributed by atoms with Crippen molar-refractivity contribution in [2.75, 3.05) is 39.4 Å². The minimum absolute atomic E-state index is 0. The Kier molecular flexibility index (Phi) is 4.97. The zero-order chi connectivity index (χ0) is 14.9. The molecule has 0 aromatic heterocycles. The highest BCUT2D eigenvalue weighted by molar-refractivity contribution is 5.95. The van der Waals surface area contributed by atoms with Crippen LogP contribution in [0.3, 0.4) is 0 Å². The van der Waals surface area contributed by atoms with Crippen molar-refractivity contribution in [2.24, 2.45) is 11.8 Å². The SMILES string of the molecule is Cl.O=C(c1ccc2c(c1)OCCO2)N1CC[C@@H]2CNC[C@@H]2CC1. The Labute approximate surface area is 142 Å². The lowest BCUT2D eigenvalue weighted by atomic mass is 9.92. The number of halogens is 1. The van der Waals surface area contributed by atoms with Crippen molar-refractivity contribution < 1.29 is 14.3 Å². The van der Waals surface area contributed by atoms with E-state index in [1.54, 1.807) is 0 Å². The van der Waals surface area contributed by atoms with Gasteiger partial charge in [-0.2, -0.15) is 0 Å². The number of benzene rings is 1. The van der Waals surface area contributed by atoms with Gasteiger partial charge in [-0.05, 0) is 56.0 Å². The minimum atomic E-state index is 0. The molecule has 1 aromatic rings. The summed E-state index contributed by atoms with van der Waals surface area (Å²) in [7, 11) is 0. The first-order valence-corrected chi connectivity index (χ1v) is 8.21. The first-order chi connectivity index (χ1) is 10.8. The smallest absolute Gasteiger partial charge is 0.253 e. The number of hydrogen-bond acceptors (Lipinski definition) is 4. The van der Waals surface area contributed by atoms with Gasteiger partial charge in [0.25, 0.3) is 5.91 Å². The Morgan fingerprint density at radius 1 is 1.04 bits per heavy atom. The molecular weight excluding hydrogens is 316 g/mol. The molecular formula is C17H23ClN2O3. The van der Waals surface area contributed by atoms with Crippen LogP contribution in [0.2, 0.25) is 0 Å². The maximum atomic E-state index is 12.8. The summed E-state index contributed by atoms with van der Waals surface area (Å²) in [6, 6.07) is 5.52. The molecule has 2 atom stereocenters. The molecule has 2 saturated heterocycles. The lowest BCUT2D eigenvalue weighted by Gasteiger charge is -2.23. The number of nitrogens with zero attached hydrogens (tertiary/aromatic N) is 1. The predicted molar refractivity (Wildman–Crippen MR) is 89.7 cm³/mol. The van der Waals surface area contributed by atoms with Crippen molar-refractivity contribution in [3.05, 3.63) is 23.8 Å². The molecule has 4 rings (SSSR count). The molecule has 0 bridgehead atoms. The molecule has 1 aromatic carbocycles. The third-order valence-corrected chi connectivity index (χ3v) is 5.10. The van der Waals surface area contributed by atoms with Crippen molar-refractivity contribution in [3.8, 4) is 11.5 Å². The van der Waals surface area contributed by atoms with Gasteiger partial charge in [0.1, 0.15) is 13.2 Å². The van der Waals surface area contributed by atoms with Gasteiger partial charge in [-0.15, -0.1) is 12.4 Å². The van der Waals surface area contributed by atoms with Crippen molar-refractivity contribution in [1.82, 2.24) is 10.2 Å². The number of amides is 1. The Hall–Kier alpha value is -1.46. The fourth-order valence-corrected chi connectivity index (χ4v) is 3.78. The number of hydrogen-bond donors (Lipinski definition) is 1. The van der Waals surface area contributed by atoms with E-state index in [9.17, 15) is 4.79 Å². The van der Waals surface area contributed by atoms with Crippen LogP contribution in [0, 0.1) is 11.8 Å². The normalized spacial score (nSPS) is 26.0. The van der Waals surface area contributed by atoms with Gasteiger partial charge >= 0.3 is 0 Å². The molecule has 6 heteroatoms. The fourth-order valence-electron chi connectivity index (χ4n) is 3.78. The van der Waals surface area contributed by atoms with Crippen LogP contribution < -0.4 is 14.8 Å². The minimum Gasteiger partial charge on any atom is -0.486 e. The second kappa shape index (κ2) is 6.97. The van der Waals surface area contributed by atoms with Gasteiger partial charge < -0.3 is 19.7 Å². The number of fused-ring (bicyclic) bond motifs is 2. The van der Waals surface area contributed by atoms with E-state index in [4.69, 9.17) is 9.47 Å². The third-order valence-electron chi connectivity index (χ3n) is 5.10. The van der Waals surface area contributed by atoms with Gasteiger partial charge in [-0.25, -0.2) is 0 Å². The Morgan fingerprint density at radius 3 is 2.39 bits per heavy atom. The van der Waals surface area contributed by atoms with Gasteiger partial charge in [-0.3, -0.25) is 4.79 Å². The summed E-state index contributed by atoms with van der Waals surface area (Å²) in [6.07, 6.45) is 2.21.